The normalized spacial score (nSPS) is 12.2. The SMILES string of the molecule is CCC(Oc1ccc(Cl)cc1Cl)C(=O)N/N=C/c1coc2ccccc2c1=O. The fourth-order valence-corrected chi connectivity index (χ4v) is 2.92. The molecule has 0 fully saturated rings. The van der Waals surface area contributed by atoms with Gasteiger partial charge in [-0.05, 0) is 36.8 Å². The Balaban J connectivity index is 1.69. The van der Waals surface area contributed by atoms with E-state index >= 15 is 0 Å². The predicted molar refractivity (Wildman–Crippen MR) is 109 cm³/mol. The van der Waals surface area contributed by atoms with Gasteiger partial charge in [0.1, 0.15) is 17.6 Å². The largest absolute Gasteiger partial charge is 0.479 e. The van der Waals surface area contributed by atoms with Gasteiger partial charge in [-0.1, -0.05) is 42.3 Å². The molecule has 1 heterocycles. The summed E-state index contributed by atoms with van der Waals surface area (Å²) in [6.45, 7) is 1.79. The Morgan fingerprint density at radius 3 is 2.82 bits per heavy atom. The number of hydrazone groups is 1. The van der Waals surface area contributed by atoms with Crippen LogP contribution in [-0.4, -0.2) is 18.2 Å². The Hall–Kier alpha value is -2.83. The molecule has 8 heteroatoms. The maximum atomic E-state index is 12.4. The molecule has 28 heavy (non-hydrogen) atoms. The minimum atomic E-state index is -0.816. The van der Waals surface area contributed by atoms with E-state index in [9.17, 15) is 9.59 Å². The smallest absolute Gasteiger partial charge is 0.281 e. The van der Waals surface area contributed by atoms with Crippen LogP contribution in [0.3, 0.4) is 0 Å². The highest BCUT2D eigenvalue weighted by molar-refractivity contribution is 6.35. The van der Waals surface area contributed by atoms with Gasteiger partial charge in [0.25, 0.3) is 5.91 Å². The quantitative estimate of drug-likeness (QED) is 0.474. The van der Waals surface area contributed by atoms with Crippen LogP contribution in [0.2, 0.25) is 10.0 Å². The molecule has 1 amide bonds. The number of nitrogens with one attached hydrogen (secondary N) is 1. The number of halogens is 2. The van der Waals surface area contributed by atoms with Crippen molar-refractivity contribution in [3.63, 3.8) is 0 Å². The van der Waals surface area contributed by atoms with Gasteiger partial charge in [0.05, 0.1) is 22.2 Å². The molecule has 0 spiro atoms. The third-order valence-electron chi connectivity index (χ3n) is 3.91. The molecular weight excluding hydrogens is 403 g/mol. The first kappa shape index (κ1) is 19.9. The van der Waals surface area contributed by atoms with Crippen molar-refractivity contribution in [2.75, 3.05) is 0 Å². The minimum absolute atomic E-state index is 0.216. The number of hydrogen-bond donors (Lipinski definition) is 1. The number of rotatable bonds is 6. The van der Waals surface area contributed by atoms with Gasteiger partial charge in [-0.2, -0.15) is 5.10 Å². The molecule has 3 rings (SSSR count). The van der Waals surface area contributed by atoms with E-state index in [2.05, 4.69) is 10.5 Å². The van der Waals surface area contributed by atoms with E-state index < -0.39 is 12.0 Å². The van der Waals surface area contributed by atoms with Gasteiger partial charge in [0.2, 0.25) is 5.43 Å². The van der Waals surface area contributed by atoms with E-state index in [1.165, 1.54) is 18.5 Å². The fraction of sp³-hybridized carbons (Fsp3) is 0.150. The molecule has 0 saturated carbocycles. The first-order valence-electron chi connectivity index (χ1n) is 8.44. The molecule has 0 bridgehead atoms. The Bertz CT molecular complexity index is 1100. The second-order valence-corrected chi connectivity index (χ2v) is 6.68. The number of fused-ring (bicyclic) bond motifs is 1. The molecule has 0 radical (unpaired) electrons. The van der Waals surface area contributed by atoms with Gasteiger partial charge in [0, 0.05) is 5.02 Å². The fourth-order valence-electron chi connectivity index (χ4n) is 2.47. The molecule has 2 aromatic carbocycles. The van der Waals surface area contributed by atoms with Crippen molar-refractivity contribution in [1.82, 2.24) is 5.43 Å². The zero-order valence-electron chi connectivity index (χ0n) is 14.8. The van der Waals surface area contributed by atoms with Crippen molar-refractivity contribution >= 4 is 46.3 Å². The molecule has 1 aromatic heterocycles. The molecule has 0 aliphatic heterocycles. The molecule has 3 aromatic rings. The van der Waals surface area contributed by atoms with Crippen molar-refractivity contribution in [3.05, 3.63) is 74.6 Å². The number of ether oxygens (including phenoxy) is 1. The van der Waals surface area contributed by atoms with Crippen LogP contribution in [0.25, 0.3) is 11.0 Å². The van der Waals surface area contributed by atoms with Crippen LogP contribution in [0, 0.1) is 0 Å². The summed E-state index contributed by atoms with van der Waals surface area (Å²) in [5, 5.41) is 5.04. The summed E-state index contributed by atoms with van der Waals surface area (Å²) < 4.78 is 11.0. The lowest BCUT2D eigenvalue weighted by Crippen LogP contribution is -2.35. The molecule has 0 aliphatic rings. The highest BCUT2D eigenvalue weighted by Gasteiger charge is 2.19. The maximum Gasteiger partial charge on any atom is 0.281 e. The second-order valence-electron chi connectivity index (χ2n) is 5.84. The van der Waals surface area contributed by atoms with Gasteiger partial charge in [-0.3, -0.25) is 9.59 Å². The van der Waals surface area contributed by atoms with Crippen LogP contribution in [-0.2, 0) is 4.79 Å². The molecule has 144 valence electrons. The summed E-state index contributed by atoms with van der Waals surface area (Å²) in [6, 6.07) is 11.6. The van der Waals surface area contributed by atoms with E-state index in [1.54, 1.807) is 43.3 Å². The predicted octanol–water partition coefficient (Wildman–Crippen LogP) is 4.41. The second kappa shape index (κ2) is 8.91. The summed E-state index contributed by atoms with van der Waals surface area (Å²) in [7, 11) is 0. The van der Waals surface area contributed by atoms with Crippen LogP contribution in [0.1, 0.15) is 18.9 Å². The third-order valence-corrected chi connectivity index (χ3v) is 4.44. The highest BCUT2D eigenvalue weighted by Crippen LogP contribution is 2.28. The Morgan fingerprint density at radius 2 is 2.07 bits per heavy atom. The van der Waals surface area contributed by atoms with Crippen LogP contribution in [0.5, 0.6) is 5.75 Å². The number of nitrogens with zero attached hydrogens (tertiary/aromatic N) is 1. The molecular formula is C20H16Cl2N2O4. The van der Waals surface area contributed by atoms with Crippen molar-refractivity contribution in [1.29, 1.82) is 0 Å². The van der Waals surface area contributed by atoms with Crippen molar-refractivity contribution in [2.45, 2.75) is 19.4 Å². The summed E-state index contributed by atoms with van der Waals surface area (Å²) in [4.78, 5) is 24.7. The zero-order chi connectivity index (χ0) is 20.1. The average molecular weight is 419 g/mol. The number of hydrogen-bond acceptors (Lipinski definition) is 5. The Morgan fingerprint density at radius 1 is 1.29 bits per heavy atom. The van der Waals surface area contributed by atoms with E-state index in [-0.39, 0.29) is 11.0 Å². The lowest BCUT2D eigenvalue weighted by molar-refractivity contribution is -0.128. The molecule has 1 atom stereocenters. The van der Waals surface area contributed by atoms with Crippen LogP contribution >= 0.6 is 23.2 Å². The number of para-hydroxylation sites is 1. The molecule has 1 N–H and O–H groups in total. The van der Waals surface area contributed by atoms with Gasteiger partial charge in [-0.25, -0.2) is 5.43 Å². The summed E-state index contributed by atoms with van der Waals surface area (Å²) >= 11 is 11.9. The van der Waals surface area contributed by atoms with Gasteiger partial charge in [-0.15, -0.1) is 0 Å². The first-order chi connectivity index (χ1) is 13.5. The lowest BCUT2D eigenvalue weighted by atomic mass is 10.2. The van der Waals surface area contributed by atoms with Gasteiger partial charge < -0.3 is 9.15 Å². The standard InChI is InChI=1S/C20H16Cl2N2O4/c1-2-16(28-18-8-7-13(21)9-15(18)22)20(26)24-23-10-12-11-27-17-6-4-3-5-14(17)19(12)25/h3-11,16H,2H2,1H3,(H,24,26)/b23-10+. The Kier molecular flexibility index (Phi) is 6.34. The number of benzene rings is 2. The Labute approximate surface area is 170 Å². The van der Waals surface area contributed by atoms with Crippen LogP contribution < -0.4 is 15.6 Å². The number of carbonyl (C=O) groups excluding carboxylic acids is 1. The van der Waals surface area contributed by atoms with E-state index in [0.29, 0.717) is 33.2 Å². The minimum Gasteiger partial charge on any atom is -0.479 e. The molecule has 1 unspecified atom stereocenters. The average Bonchev–Trinajstić information content (AvgIpc) is 2.69. The van der Waals surface area contributed by atoms with E-state index in [4.69, 9.17) is 32.4 Å². The summed E-state index contributed by atoms with van der Waals surface area (Å²) in [5.74, 6) is -0.137. The first-order valence-corrected chi connectivity index (χ1v) is 9.20. The topological polar surface area (TPSA) is 80.9 Å². The molecule has 0 saturated heterocycles. The van der Waals surface area contributed by atoms with Crippen molar-refractivity contribution in [2.24, 2.45) is 5.10 Å². The van der Waals surface area contributed by atoms with E-state index in [0.717, 1.165) is 0 Å². The monoisotopic (exact) mass is 418 g/mol. The third kappa shape index (κ3) is 4.52. The van der Waals surface area contributed by atoms with Crippen molar-refractivity contribution in [3.8, 4) is 5.75 Å². The summed E-state index contributed by atoms with van der Waals surface area (Å²) in [5.41, 5.74) is 2.82. The molecule has 6 nitrogen and oxygen atoms in total. The van der Waals surface area contributed by atoms with Crippen LogP contribution in [0.15, 0.2) is 63.0 Å². The van der Waals surface area contributed by atoms with Gasteiger partial charge in [0.15, 0.2) is 6.10 Å². The maximum absolute atomic E-state index is 12.4. The zero-order valence-corrected chi connectivity index (χ0v) is 16.3. The lowest BCUT2D eigenvalue weighted by Gasteiger charge is -2.16. The van der Waals surface area contributed by atoms with Crippen molar-refractivity contribution < 1.29 is 13.9 Å². The van der Waals surface area contributed by atoms with Crippen LogP contribution in [0.4, 0.5) is 0 Å². The number of amides is 1. The number of carbonyl (C=O) groups is 1. The molecule has 0 aliphatic carbocycles. The summed E-state index contributed by atoms with van der Waals surface area (Å²) in [6.07, 6.45) is 2.10. The highest BCUT2D eigenvalue weighted by atomic mass is 35.5. The van der Waals surface area contributed by atoms with E-state index in [1.807, 2.05) is 0 Å². The van der Waals surface area contributed by atoms with Gasteiger partial charge >= 0.3 is 0 Å².